The molecule has 0 aliphatic carbocycles. The van der Waals surface area contributed by atoms with Crippen LogP contribution < -0.4 is 14.2 Å². The van der Waals surface area contributed by atoms with E-state index < -0.39 is 0 Å². The zero-order chi connectivity index (χ0) is 14.7. The lowest BCUT2D eigenvalue weighted by Gasteiger charge is -2.13. The van der Waals surface area contributed by atoms with E-state index in [1.54, 1.807) is 39.7 Å². The molecule has 1 aromatic carbocycles. The fourth-order valence-electron chi connectivity index (χ4n) is 1.68. The molecule has 0 saturated heterocycles. The van der Waals surface area contributed by atoms with Gasteiger partial charge in [0, 0.05) is 12.3 Å². The molecule has 0 fully saturated rings. The number of aromatic nitrogens is 2. The molecule has 2 aromatic rings. The van der Waals surface area contributed by atoms with Crippen LogP contribution in [0.25, 0.3) is 11.4 Å². The van der Waals surface area contributed by atoms with Crippen LogP contribution in [-0.4, -0.2) is 31.3 Å². The predicted molar refractivity (Wildman–Crippen MR) is 84.9 cm³/mol. The third kappa shape index (κ3) is 2.90. The van der Waals surface area contributed by atoms with Crippen molar-refractivity contribution in [2.75, 3.05) is 21.3 Å². The van der Waals surface area contributed by atoms with Crippen molar-refractivity contribution in [3.05, 3.63) is 27.1 Å². The molecule has 0 N–H and O–H groups in total. The Morgan fingerprint density at radius 1 is 1.00 bits per heavy atom. The average molecular weight is 407 g/mol. The van der Waals surface area contributed by atoms with Gasteiger partial charge in [-0.3, -0.25) is 0 Å². The van der Waals surface area contributed by atoms with Crippen LogP contribution in [0, 0.1) is 3.57 Å². The number of nitrogens with zero attached hydrogens (tertiary/aromatic N) is 2. The van der Waals surface area contributed by atoms with E-state index >= 15 is 0 Å². The van der Waals surface area contributed by atoms with Crippen LogP contribution in [-0.2, 0) is 0 Å². The average Bonchev–Trinajstić information content (AvgIpc) is 2.48. The Morgan fingerprint density at radius 3 is 2.15 bits per heavy atom. The molecule has 20 heavy (non-hydrogen) atoms. The van der Waals surface area contributed by atoms with Crippen LogP contribution in [0.5, 0.6) is 17.2 Å². The van der Waals surface area contributed by atoms with Crippen LogP contribution in [0.4, 0.5) is 0 Å². The van der Waals surface area contributed by atoms with Gasteiger partial charge in [-0.25, -0.2) is 9.97 Å². The number of ether oxygens (including phenoxy) is 3. The quantitative estimate of drug-likeness (QED) is 0.575. The number of halogens is 2. The monoisotopic (exact) mass is 406 g/mol. The number of hydrogen-bond acceptors (Lipinski definition) is 5. The number of benzene rings is 1. The summed E-state index contributed by atoms with van der Waals surface area (Å²) in [5.74, 6) is 2.19. The van der Waals surface area contributed by atoms with Crippen molar-refractivity contribution >= 4 is 34.2 Å². The molecular weight excluding hydrogens is 395 g/mol. The Balaban J connectivity index is 2.62. The van der Waals surface area contributed by atoms with Crippen molar-refractivity contribution in [1.29, 1.82) is 0 Å². The molecule has 106 valence electrons. The molecule has 7 heteroatoms. The maximum atomic E-state index is 6.04. The van der Waals surface area contributed by atoms with E-state index in [1.165, 1.54) is 0 Å². The van der Waals surface area contributed by atoms with Gasteiger partial charge < -0.3 is 14.2 Å². The first-order valence-corrected chi connectivity index (χ1v) is 7.04. The van der Waals surface area contributed by atoms with E-state index in [1.807, 2.05) is 0 Å². The molecule has 0 bridgehead atoms. The zero-order valence-corrected chi connectivity index (χ0v) is 14.0. The van der Waals surface area contributed by atoms with E-state index in [9.17, 15) is 0 Å². The molecule has 0 amide bonds. The summed E-state index contributed by atoms with van der Waals surface area (Å²) in [6.07, 6.45) is 1.65. The van der Waals surface area contributed by atoms with Gasteiger partial charge in [-0.2, -0.15) is 0 Å². The number of methoxy groups -OCH3 is 3. The van der Waals surface area contributed by atoms with E-state index in [0.717, 1.165) is 3.57 Å². The van der Waals surface area contributed by atoms with E-state index in [-0.39, 0.29) is 0 Å². The lowest BCUT2D eigenvalue weighted by atomic mass is 10.1. The molecule has 2 rings (SSSR count). The van der Waals surface area contributed by atoms with E-state index in [2.05, 4.69) is 32.6 Å². The van der Waals surface area contributed by atoms with Gasteiger partial charge in [-0.15, -0.1) is 0 Å². The first-order valence-electron chi connectivity index (χ1n) is 5.59. The summed E-state index contributed by atoms with van der Waals surface area (Å²) in [7, 11) is 4.70. The molecule has 0 radical (unpaired) electrons. The fourth-order valence-corrected chi connectivity index (χ4v) is 2.07. The van der Waals surface area contributed by atoms with Crippen molar-refractivity contribution < 1.29 is 14.2 Å². The van der Waals surface area contributed by atoms with Crippen molar-refractivity contribution in [2.45, 2.75) is 0 Å². The standard InChI is InChI=1S/C13H12ClIN2O3/c1-18-9-5-11(20-3)10(19-2)4-7(9)13-16-6-8(15)12(14)17-13/h4-6H,1-3H3. The van der Waals surface area contributed by atoms with Crippen LogP contribution in [0.1, 0.15) is 0 Å². The normalized spacial score (nSPS) is 10.2. The summed E-state index contributed by atoms with van der Waals surface area (Å²) in [6, 6.07) is 3.49. The second-order valence-corrected chi connectivity index (χ2v) is 5.26. The first kappa shape index (κ1) is 15.1. The smallest absolute Gasteiger partial charge is 0.164 e. The van der Waals surface area contributed by atoms with Gasteiger partial charge in [0.25, 0.3) is 0 Å². The van der Waals surface area contributed by atoms with Crippen molar-refractivity contribution in [3.63, 3.8) is 0 Å². The van der Waals surface area contributed by atoms with Gasteiger partial charge in [0.2, 0.25) is 0 Å². The molecule has 0 spiro atoms. The topological polar surface area (TPSA) is 53.5 Å². The largest absolute Gasteiger partial charge is 0.496 e. The van der Waals surface area contributed by atoms with Gasteiger partial charge in [-0.1, -0.05) is 11.6 Å². The maximum absolute atomic E-state index is 6.04. The molecule has 1 heterocycles. The van der Waals surface area contributed by atoms with Crippen LogP contribution >= 0.6 is 34.2 Å². The third-order valence-electron chi connectivity index (χ3n) is 2.65. The van der Waals surface area contributed by atoms with Crippen molar-refractivity contribution in [3.8, 4) is 28.6 Å². The Bertz CT molecular complexity index is 637. The van der Waals surface area contributed by atoms with Gasteiger partial charge in [0.05, 0.1) is 30.5 Å². The highest BCUT2D eigenvalue weighted by molar-refractivity contribution is 14.1. The van der Waals surface area contributed by atoms with Crippen LogP contribution in [0.2, 0.25) is 5.15 Å². The molecule has 0 aliphatic rings. The van der Waals surface area contributed by atoms with Gasteiger partial charge >= 0.3 is 0 Å². The Hall–Kier alpha value is -1.28. The highest BCUT2D eigenvalue weighted by atomic mass is 127. The minimum absolute atomic E-state index is 0.396. The summed E-state index contributed by atoms with van der Waals surface area (Å²) in [6.45, 7) is 0. The summed E-state index contributed by atoms with van der Waals surface area (Å²) in [5.41, 5.74) is 0.684. The Labute approximate surface area is 135 Å². The Kier molecular flexibility index (Phi) is 4.87. The molecule has 0 atom stereocenters. The van der Waals surface area contributed by atoms with Crippen LogP contribution in [0.3, 0.4) is 0 Å². The third-order valence-corrected chi connectivity index (χ3v) is 4.04. The van der Waals surface area contributed by atoms with Gasteiger partial charge in [-0.05, 0) is 28.7 Å². The van der Waals surface area contributed by atoms with E-state index in [4.69, 9.17) is 25.8 Å². The zero-order valence-electron chi connectivity index (χ0n) is 11.1. The molecule has 1 aromatic heterocycles. The van der Waals surface area contributed by atoms with Gasteiger partial charge in [0.1, 0.15) is 10.9 Å². The summed E-state index contributed by atoms with van der Waals surface area (Å²) in [5, 5.41) is 0.396. The first-order chi connectivity index (χ1) is 9.60. The Morgan fingerprint density at radius 2 is 1.60 bits per heavy atom. The second-order valence-electron chi connectivity index (χ2n) is 3.74. The number of hydrogen-bond donors (Lipinski definition) is 0. The summed E-state index contributed by atoms with van der Waals surface area (Å²) in [4.78, 5) is 8.52. The molecule has 0 unspecified atom stereocenters. The highest BCUT2D eigenvalue weighted by Crippen LogP contribution is 2.39. The predicted octanol–water partition coefficient (Wildman–Crippen LogP) is 3.43. The second kappa shape index (κ2) is 6.45. The molecule has 0 aliphatic heterocycles. The highest BCUT2D eigenvalue weighted by Gasteiger charge is 2.16. The van der Waals surface area contributed by atoms with Gasteiger partial charge in [0.15, 0.2) is 17.3 Å². The molecule has 0 saturated carbocycles. The SMILES string of the molecule is COc1cc(OC)c(-c2ncc(I)c(Cl)n2)cc1OC. The lowest BCUT2D eigenvalue weighted by molar-refractivity contribution is 0.349. The minimum atomic E-state index is 0.396. The van der Waals surface area contributed by atoms with Crippen LogP contribution in [0.15, 0.2) is 18.3 Å². The lowest BCUT2D eigenvalue weighted by Crippen LogP contribution is -1.98. The van der Waals surface area contributed by atoms with Crippen molar-refractivity contribution in [2.24, 2.45) is 0 Å². The van der Waals surface area contributed by atoms with E-state index in [0.29, 0.717) is 33.8 Å². The summed E-state index contributed by atoms with van der Waals surface area (Å²) < 4.78 is 16.7. The number of rotatable bonds is 4. The maximum Gasteiger partial charge on any atom is 0.164 e. The minimum Gasteiger partial charge on any atom is -0.496 e. The summed E-state index contributed by atoms with van der Waals surface area (Å²) >= 11 is 8.11. The molecular formula is C13H12ClIN2O3. The van der Waals surface area contributed by atoms with Crippen molar-refractivity contribution in [1.82, 2.24) is 9.97 Å². The molecule has 5 nitrogen and oxygen atoms in total. The fraction of sp³-hybridized carbons (Fsp3) is 0.231.